The van der Waals surface area contributed by atoms with Crippen LogP contribution in [0.3, 0.4) is 0 Å². The first-order valence-corrected chi connectivity index (χ1v) is 5.10. The largest absolute Gasteiger partial charge is 0.488 e. The fraction of sp³-hybridized carbons (Fsp3) is 0.500. The molecule has 0 unspecified atom stereocenters. The number of nitrogens with two attached hydrogens (primary N) is 1. The summed E-state index contributed by atoms with van der Waals surface area (Å²) in [6, 6.07) is 8.19. The Morgan fingerprint density at radius 3 is 2.86 bits per heavy atom. The second kappa shape index (κ2) is 3.28. The maximum absolute atomic E-state index is 5.90. The summed E-state index contributed by atoms with van der Waals surface area (Å²) in [5.41, 5.74) is 6.96. The Balaban J connectivity index is 2.41. The van der Waals surface area contributed by atoms with Gasteiger partial charge in [-0.25, -0.2) is 0 Å². The van der Waals surface area contributed by atoms with Crippen LogP contribution in [0, 0.1) is 0 Å². The van der Waals surface area contributed by atoms with Gasteiger partial charge in [-0.1, -0.05) is 18.2 Å². The van der Waals surface area contributed by atoms with Crippen LogP contribution in [-0.2, 0) is 0 Å². The van der Waals surface area contributed by atoms with Crippen molar-refractivity contribution in [3.05, 3.63) is 29.8 Å². The molecule has 2 N–H and O–H groups in total. The predicted molar refractivity (Wildman–Crippen MR) is 57.6 cm³/mol. The van der Waals surface area contributed by atoms with Gasteiger partial charge in [0.1, 0.15) is 11.4 Å². The Hall–Kier alpha value is -1.02. The lowest BCUT2D eigenvalue weighted by atomic mass is 9.84. The fourth-order valence-corrected chi connectivity index (χ4v) is 2.16. The molecule has 76 valence electrons. The zero-order valence-electron chi connectivity index (χ0n) is 8.79. The number of ether oxygens (including phenoxy) is 1. The van der Waals surface area contributed by atoms with Crippen molar-refractivity contribution in [3.8, 4) is 5.75 Å². The number of benzene rings is 1. The molecule has 2 rings (SSSR count). The van der Waals surface area contributed by atoms with Gasteiger partial charge in [0, 0.05) is 5.92 Å². The molecule has 0 amide bonds. The van der Waals surface area contributed by atoms with Crippen LogP contribution in [0.15, 0.2) is 24.3 Å². The third-order valence-corrected chi connectivity index (χ3v) is 2.77. The quantitative estimate of drug-likeness (QED) is 0.739. The second-order valence-electron chi connectivity index (χ2n) is 4.54. The van der Waals surface area contributed by atoms with Gasteiger partial charge in [0.15, 0.2) is 0 Å². The molecule has 0 aromatic heterocycles. The van der Waals surface area contributed by atoms with Crippen LogP contribution in [0.25, 0.3) is 0 Å². The highest BCUT2D eigenvalue weighted by Crippen LogP contribution is 2.39. The van der Waals surface area contributed by atoms with E-state index >= 15 is 0 Å². The molecule has 14 heavy (non-hydrogen) atoms. The minimum atomic E-state index is -0.0849. The molecule has 1 atom stereocenters. The molecule has 1 heterocycles. The lowest BCUT2D eigenvalue weighted by molar-refractivity contribution is 0.0731. The lowest BCUT2D eigenvalue weighted by Gasteiger charge is -2.37. The number of rotatable bonds is 1. The molecule has 1 aromatic carbocycles. The van der Waals surface area contributed by atoms with Crippen molar-refractivity contribution in [2.24, 2.45) is 5.73 Å². The zero-order chi connectivity index (χ0) is 10.2. The van der Waals surface area contributed by atoms with Crippen molar-refractivity contribution < 1.29 is 4.74 Å². The molecule has 0 radical (unpaired) electrons. The van der Waals surface area contributed by atoms with Crippen LogP contribution in [0.1, 0.15) is 31.7 Å². The van der Waals surface area contributed by atoms with Gasteiger partial charge in [-0.3, -0.25) is 0 Å². The van der Waals surface area contributed by atoms with Crippen molar-refractivity contribution in [1.82, 2.24) is 0 Å². The molecule has 1 aliphatic heterocycles. The van der Waals surface area contributed by atoms with E-state index in [1.54, 1.807) is 0 Å². The van der Waals surface area contributed by atoms with Crippen LogP contribution in [0.2, 0.25) is 0 Å². The Morgan fingerprint density at radius 2 is 2.14 bits per heavy atom. The van der Waals surface area contributed by atoms with E-state index in [0.717, 1.165) is 12.2 Å². The molecule has 1 aliphatic rings. The van der Waals surface area contributed by atoms with Gasteiger partial charge < -0.3 is 10.5 Å². The maximum Gasteiger partial charge on any atom is 0.123 e. The summed E-state index contributed by atoms with van der Waals surface area (Å²) in [7, 11) is 0. The third kappa shape index (κ3) is 1.62. The molecular formula is C12H17NO. The molecule has 0 aliphatic carbocycles. The Bertz CT molecular complexity index is 333. The van der Waals surface area contributed by atoms with Crippen LogP contribution < -0.4 is 10.5 Å². The molecule has 0 fully saturated rings. The summed E-state index contributed by atoms with van der Waals surface area (Å²) >= 11 is 0. The van der Waals surface area contributed by atoms with Crippen LogP contribution in [-0.4, -0.2) is 12.1 Å². The van der Waals surface area contributed by atoms with Gasteiger partial charge >= 0.3 is 0 Å². The van der Waals surface area contributed by atoms with E-state index in [4.69, 9.17) is 10.5 Å². The topological polar surface area (TPSA) is 35.2 Å². The van der Waals surface area contributed by atoms with Crippen LogP contribution >= 0.6 is 0 Å². The van der Waals surface area contributed by atoms with Crippen molar-refractivity contribution in [1.29, 1.82) is 0 Å². The number of hydrogen-bond donors (Lipinski definition) is 1. The number of hydrogen-bond acceptors (Lipinski definition) is 2. The van der Waals surface area contributed by atoms with Crippen molar-refractivity contribution in [2.45, 2.75) is 31.8 Å². The molecule has 0 spiro atoms. The highest BCUT2D eigenvalue weighted by Gasteiger charge is 2.32. The molecule has 1 aromatic rings. The lowest BCUT2D eigenvalue weighted by Crippen LogP contribution is -2.36. The smallest absolute Gasteiger partial charge is 0.123 e. The second-order valence-corrected chi connectivity index (χ2v) is 4.54. The molecule has 2 nitrogen and oxygen atoms in total. The van der Waals surface area contributed by atoms with Gasteiger partial charge in [-0.15, -0.1) is 0 Å². The summed E-state index contributed by atoms with van der Waals surface area (Å²) in [6.07, 6.45) is 1.00. The molecule has 2 heteroatoms. The number of fused-ring (bicyclic) bond motifs is 1. The van der Waals surface area contributed by atoms with E-state index in [-0.39, 0.29) is 5.60 Å². The zero-order valence-corrected chi connectivity index (χ0v) is 8.79. The van der Waals surface area contributed by atoms with E-state index in [0.29, 0.717) is 12.5 Å². The van der Waals surface area contributed by atoms with Gasteiger partial charge in [0.05, 0.1) is 0 Å². The van der Waals surface area contributed by atoms with Crippen molar-refractivity contribution in [3.63, 3.8) is 0 Å². The van der Waals surface area contributed by atoms with E-state index in [2.05, 4.69) is 19.9 Å². The average molecular weight is 191 g/mol. The highest BCUT2D eigenvalue weighted by atomic mass is 16.5. The SMILES string of the molecule is CC1(C)C[C@@H](CN)c2ccccc2O1. The van der Waals surface area contributed by atoms with Gasteiger partial charge in [-0.05, 0) is 38.4 Å². The standard InChI is InChI=1S/C12H17NO/c1-12(2)7-9(8-13)10-5-3-4-6-11(10)14-12/h3-6,9H,7-8,13H2,1-2H3/t9-/m0/s1. The summed E-state index contributed by atoms with van der Waals surface area (Å²) in [6.45, 7) is 4.93. The van der Waals surface area contributed by atoms with Gasteiger partial charge in [0.25, 0.3) is 0 Å². The molecule has 0 saturated carbocycles. The van der Waals surface area contributed by atoms with Crippen LogP contribution in [0.4, 0.5) is 0 Å². The molecular weight excluding hydrogens is 174 g/mol. The van der Waals surface area contributed by atoms with E-state index < -0.39 is 0 Å². The summed E-state index contributed by atoms with van der Waals surface area (Å²) in [5.74, 6) is 1.44. The minimum absolute atomic E-state index is 0.0849. The number of para-hydroxylation sites is 1. The Labute approximate surface area is 85.1 Å². The van der Waals surface area contributed by atoms with E-state index in [1.807, 2.05) is 18.2 Å². The van der Waals surface area contributed by atoms with E-state index in [1.165, 1.54) is 5.56 Å². The molecule has 0 saturated heterocycles. The van der Waals surface area contributed by atoms with Gasteiger partial charge in [-0.2, -0.15) is 0 Å². The van der Waals surface area contributed by atoms with Crippen molar-refractivity contribution in [2.75, 3.05) is 6.54 Å². The maximum atomic E-state index is 5.90. The average Bonchev–Trinajstić information content (AvgIpc) is 2.15. The highest BCUT2D eigenvalue weighted by molar-refractivity contribution is 5.39. The first-order chi connectivity index (χ1) is 6.62. The summed E-state index contributed by atoms with van der Waals surface area (Å²) < 4.78 is 5.90. The first-order valence-electron chi connectivity index (χ1n) is 5.10. The first kappa shape index (κ1) is 9.53. The summed E-state index contributed by atoms with van der Waals surface area (Å²) in [4.78, 5) is 0. The third-order valence-electron chi connectivity index (χ3n) is 2.77. The summed E-state index contributed by atoms with van der Waals surface area (Å²) in [5, 5.41) is 0. The van der Waals surface area contributed by atoms with Crippen LogP contribution in [0.5, 0.6) is 5.75 Å². The van der Waals surface area contributed by atoms with Crippen molar-refractivity contribution >= 4 is 0 Å². The van der Waals surface area contributed by atoms with E-state index in [9.17, 15) is 0 Å². The normalized spacial score (nSPS) is 23.8. The predicted octanol–water partition coefficient (Wildman–Crippen LogP) is 2.29. The Morgan fingerprint density at radius 1 is 1.43 bits per heavy atom. The van der Waals surface area contributed by atoms with Gasteiger partial charge in [0.2, 0.25) is 0 Å². The Kier molecular flexibility index (Phi) is 2.23. The fourth-order valence-electron chi connectivity index (χ4n) is 2.16. The molecule has 0 bridgehead atoms. The monoisotopic (exact) mass is 191 g/mol. The minimum Gasteiger partial charge on any atom is -0.488 e.